The molecule has 3 N–H and O–H groups in total. The molecule has 1 aliphatic carbocycles. The fourth-order valence-electron chi connectivity index (χ4n) is 3.60. The van der Waals surface area contributed by atoms with E-state index in [1.165, 1.54) is 12.1 Å². The number of nitrogens with one attached hydrogen (secondary N) is 3. The van der Waals surface area contributed by atoms with Gasteiger partial charge < -0.3 is 15.5 Å². The molecule has 1 saturated carbocycles. The first-order valence-corrected chi connectivity index (χ1v) is 12.0. The van der Waals surface area contributed by atoms with Crippen molar-refractivity contribution in [2.75, 3.05) is 20.1 Å². The molecule has 1 heterocycles. The first-order chi connectivity index (χ1) is 14.8. The highest BCUT2D eigenvalue weighted by molar-refractivity contribution is 7.90. The van der Waals surface area contributed by atoms with Crippen LogP contribution in [0.2, 0.25) is 0 Å². The molecular formula is C21H29N5O4S. The number of benzene rings is 1. The fourth-order valence-corrected chi connectivity index (χ4v) is 4.51. The zero-order valence-corrected chi connectivity index (χ0v) is 18.5. The smallest absolute Gasteiger partial charge is 0.328 e. The molecule has 1 fully saturated rings. The van der Waals surface area contributed by atoms with E-state index in [0.29, 0.717) is 25.2 Å². The molecule has 10 heteroatoms. The third-order valence-corrected chi connectivity index (χ3v) is 6.66. The fraction of sp³-hybridized carbons (Fsp3) is 0.476. The zero-order chi connectivity index (χ0) is 22.3. The summed E-state index contributed by atoms with van der Waals surface area (Å²) in [5.74, 6) is -0.219. The van der Waals surface area contributed by atoms with Gasteiger partial charge in [-0.05, 0) is 37.0 Å². The van der Waals surface area contributed by atoms with Crippen molar-refractivity contribution in [2.45, 2.75) is 49.5 Å². The molecule has 1 aromatic rings. The van der Waals surface area contributed by atoms with Gasteiger partial charge in [-0.2, -0.15) is 0 Å². The van der Waals surface area contributed by atoms with E-state index in [9.17, 15) is 18.0 Å². The highest BCUT2D eigenvalue weighted by Crippen LogP contribution is 2.17. The third kappa shape index (κ3) is 6.81. The standard InChI is InChI=1S/C21H29N5O4S/c1-26-14-13-22-19(15-26)20(27)23-12-11-16-7-9-18(10-8-16)31(29,30)25-21(28)24-17-5-3-2-4-6-17/h7-10,13-14,17H,2-6,11-12,15H2,1H3,(H,23,27)(H2,24,25,28). The molecule has 1 aromatic carbocycles. The molecule has 1 aliphatic heterocycles. The summed E-state index contributed by atoms with van der Waals surface area (Å²) in [5, 5.41) is 5.56. The number of carbonyl (C=O) groups is 2. The van der Waals surface area contributed by atoms with Gasteiger partial charge in [-0.25, -0.2) is 17.9 Å². The second-order valence-electron chi connectivity index (χ2n) is 7.85. The van der Waals surface area contributed by atoms with E-state index < -0.39 is 16.1 Å². The first-order valence-electron chi connectivity index (χ1n) is 10.5. The summed E-state index contributed by atoms with van der Waals surface area (Å²) in [6, 6.07) is 5.60. The maximum atomic E-state index is 12.4. The molecule has 9 nitrogen and oxygen atoms in total. The van der Waals surface area contributed by atoms with Crippen LogP contribution < -0.4 is 15.4 Å². The Morgan fingerprint density at radius 3 is 2.52 bits per heavy atom. The average molecular weight is 448 g/mol. The van der Waals surface area contributed by atoms with Crippen LogP contribution in [0.25, 0.3) is 0 Å². The van der Waals surface area contributed by atoms with E-state index in [0.717, 1.165) is 37.7 Å². The number of nitrogens with zero attached hydrogens (tertiary/aromatic N) is 2. The van der Waals surface area contributed by atoms with Crippen LogP contribution in [0.1, 0.15) is 37.7 Å². The molecule has 31 heavy (non-hydrogen) atoms. The number of aliphatic imine (C=N–C) groups is 1. The number of sulfonamides is 1. The Kier molecular flexibility index (Phi) is 7.67. The summed E-state index contributed by atoms with van der Waals surface area (Å²) in [7, 11) is -2.08. The third-order valence-electron chi connectivity index (χ3n) is 5.31. The second kappa shape index (κ2) is 10.4. The molecular weight excluding hydrogens is 418 g/mol. The van der Waals surface area contributed by atoms with Gasteiger partial charge in [0.2, 0.25) is 0 Å². The molecule has 2 aliphatic rings. The Labute approximate surface area is 183 Å². The number of hydrogen-bond donors (Lipinski definition) is 3. The summed E-state index contributed by atoms with van der Waals surface area (Å²) in [4.78, 5) is 30.2. The lowest BCUT2D eigenvalue weighted by Crippen LogP contribution is -2.45. The van der Waals surface area contributed by atoms with Crippen molar-refractivity contribution in [3.05, 3.63) is 42.2 Å². The van der Waals surface area contributed by atoms with Crippen LogP contribution in [0, 0.1) is 0 Å². The van der Waals surface area contributed by atoms with Crippen LogP contribution in [-0.2, 0) is 21.2 Å². The molecule has 0 aromatic heterocycles. The Morgan fingerprint density at radius 1 is 1.13 bits per heavy atom. The van der Waals surface area contributed by atoms with E-state index in [4.69, 9.17) is 0 Å². The highest BCUT2D eigenvalue weighted by Gasteiger charge is 2.21. The number of rotatable bonds is 7. The van der Waals surface area contributed by atoms with Gasteiger partial charge >= 0.3 is 6.03 Å². The maximum Gasteiger partial charge on any atom is 0.328 e. The van der Waals surface area contributed by atoms with Gasteiger partial charge in [0.15, 0.2) is 0 Å². The van der Waals surface area contributed by atoms with Gasteiger partial charge in [0, 0.05) is 32.0 Å². The van der Waals surface area contributed by atoms with Gasteiger partial charge in [0.05, 0.1) is 11.4 Å². The monoisotopic (exact) mass is 447 g/mol. The first kappa shape index (κ1) is 22.8. The van der Waals surface area contributed by atoms with Crippen molar-refractivity contribution in [3.63, 3.8) is 0 Å². The molecule has 0 radical (unpaired) electrons. The van der Waals surface area contributed by atoms with Gasteiger partial charge in [-0.1, -0.05) is 31.4 Å². The van der Waals surface area contributed by atoms with E-state index in [2.05, 4.69) is 20.3 Å². The number of urea groups is 1. The van der Waals surface area contributed by atoms with Crippen molar-refractivity contribution >= 4 is 27.7 Å². The predicted octanol–water partition coefficient (Wildman–Crippen LogP) is 1.52. The number of hydrogen-bond acceptors (Lipinski definition) is 6. The Morgan fingerprint density at radius 2 is 1.84 bits per heavy atom. The van der Waals surface area contributed by atoms with Crippen LogP contribution in [0.4, 0.5) is 4.79 Å². The lowest BCUT2D eigenvalue weighted by Gasteiger charge is -2.22. The minimum atomic E-state index is -3.94. The van der Waals surface area contributed by atoms with E-state index in [-0.39, 0.29) is 16.8 Å². The molecule has 168 valence electrons. The van der Waals surface area contributed by atoms with Crippen molar-refractivity contribution in [3.8, 4) is 0 Å². The summed E-state index contributed by atoms with van der Waals surface area (Å²) in [6.45, 7) is 0.857. The molecule has 0 spiro atoms. The van der Waals surface area contributed by atoms with E-state index in [1.807, 2.05) is 11.9 Å². The maximum absolute atomic E-state index is 12.4. The van der Waals surface area contributed by atoms with Gasteiger partial charge in [0.1, 0.15) is 5.71 Å². The quantitative estimate of drug-likeness (QED) is 0.585. The van der Waals surface area contributed by atoms with Crippen LogP contribution in [-0.4, -0.2) is 57.1 Å². The Hall–Kier alpha value is -2.88. The molecule has 0 unspecified atom stereocenters. The summed E-state index contributed by atoms with van der Waals surface area (Å²) in [5.41, 5.74) is 1.32. The summed E-state index contributed by atoms with van der Waals surface area (Å²) >= 11 is 0. The molecule has 0 saturated heterocycles. The number of carbonyl (C=O) groups excluding carboxylic acids is 2. The average Bonchev–Trinajstić information content (AvgIpc) is 2.74. The lowest BCUT2D eigenvalue weighted by molar-refractivity contribution is -0.114. The van der Waals surface area contributed by atoms with Crippen LogP contribution in [0.3, 0.4) is 0 Å². The van der Waals surface area contributed by atoms with Crippen LogP contribution in [0.15, 0.2) is 46.6 Å². The van der Waals surface area contributed by atoms with Crippen molar-refractivity contribution in [2.24, 2.45) is 4.99 Å². The minimum absolute atomic E-state index is 0.0189. The predicted molar refractivity (Wildman–Crippen MR) is 118 cm³/mol. The van der Waals surface area contributed by atoms with Gasteiger partial charge in [-0.3, -0.25) is 9.79 Å². The van der Waals surface area contributed by atoms with Crippen molar-refractivity contribution in [1.29, 1.82) is 0 Å². The summed E-state index contributed by atoms with van der Waals surface area (Å²) in [6.07, 6.45) is 8.91. The lowest BCUT2D eigenvalue weighted by atomic mass is 9.96. The van der Waals surface area contributed by atoms with Crippen molar-refractivity contribution < 1.29 is 18.0 Å². The van der Waals surface area contributed by atoms with Gasteiger partial charge in [0.25, 0.3) is 15.9 Å². The Balaban J connectivity index is 1.47. The topological polar surface area (TPSA) is 120 Å². The van der Waals surface area contributed by atoms with Crippen LogP contribution >= 0.6 is 0 Å². The second-order valence-corrected chi connectivity index (χ2v) is 9.54. The normalized spacial score (nSPS) is 17.1. The van der Waals surface area contributed by atoms with E-state index >= 15 is 0 Å². The highest BCUT2D eigenvalue weighted by atomic mass is 32.2. The molecule has 3 amide bonds. The minimum Gasteiger partial charge on any atom is -0.373 e. The molecule has 0 atom stereocenters. The summed E-state index contributed by atoms with van der Waals surface area (Å²) < 4.78 is 27.0. The van der Waals surface area contributed by atoms with Gasteiger partial charge in [-0.15, -0.1) is 0 Å². The van der Waals surface area contributed by atoms with E-state index in [1.54, 1.807) is 24.5 Å². The molecule has 3 rings (SSSR count). The number of amides is 3. The van der Waals surface area contributed by atoms with Crippen molar-refractivity contribution in [1.82, 2.24) is 20.3 Å². The zero-order valence-electron chi connectivity index (χ0n) is 17.6. The van der Waals surface area contributed by atoms with Crippen LogP contribution in [0.5, 0.6) is 0 Å². The Bertz CT molecular complexity index is 950. The largest absolute Gasteiger partial charge is 0.373 e. The molecule has 0 bridgehead atoms. The SMILES string of the molecule is CN1C=CN=C(C(=O)NCCc2ccc(S(=O)(=O)NC(=O)NC3CCCCC3)cc2)C1.